The first-order valence-corrected chi connectivity index (χ1v) is 8.15. The zero-order chi connectivity index (χ0) is 17.7. The van der Waals surface area contributed by atoms with E-state index < -0.39 is 17.6 Å². The van der Waals surface area contributed by atoms with E-state index >= 15 is 0 Å². The second-order valence-electron chi connectivity index (χ2n) is 5.10. The Bertz CT molecular complexity index is 700. The Labute approximate surface area is 141 Å². The van der Waals surface area contributed by atoms with Gasteiger partial charge in [-0.3, -0.25) is 4.79 Å². The van der Waals surface area contributed by atoms with Crippen LogP contribution in [0.25, 0.3) is 0 Å². The van der Waals surface area contributed by atoms with E-state index in [1.54, 1.807) is 12.1 Å². The molecule has 0 bridgehead atoms. The molecule has 0 aromatic heterocycles. The van der Waals surface area contributed by atoms with Gasteiger partial charge < -0.3 is 5.32 Å². The first kappa shape index (κ1) is 18.3. The molecule has 2 aromatic carbocycles. The van der Waals surface area contributed by atoms with Gasteiger partial charge in [0.15, 0.2) is 0 Å². The number of nitrogens with one attached hydrogen (secondary N) is 1. The zero-order valence-corrected chi connectivity index (χ0v) is 13.5. The molecule has 7 heteroatoms. The van der Waals surface area contributed by atoms with Crippen LogP contribution in [0.5, 0.6) is 0 Å². The van der Waals surface area contributed by atoms with Crippen LogP contribution in [0.1, 0.15) is 23.3 Å². The molecule has 0 spiro atoms. The fourth-order valence-corrected chi connectivity index (χ4v) is 2.88. The molecule has 0 heterocycles. The molecular formula is C17H15F4NOS. The molecule has 1 atom stereocenters. The fourth-order valence-electron chi connectivity index (χ4n) is 2.06. The van der Waals surface area contributed by atoms with Gasteiger partial charge in [0.1, 0.15) is 5.82 Å². The van der Waals surface area contributed by atoms with Gasteiger partial charge in [-0.15, -0.1) is 11.8 Å². The number of hydrogen-bond acceptors (Lipinski definition) is 2. The lowest BCUT2D eigenvalue weighted by atomic mass is 10.1. The van der Waals surface area contributed by atoms with Gasteiger partial charge >= 0.3 is 6.18 Å². The van der Waals surface area contributed by atoms with Crippen LogP contribution in [0, 0.1) is 5.82 Å². The Hall–Kier alpha value is -2.02. The SMILES string of the molecule is CC(SCC(=O)Nc1ccccc1C(F)(F)F)c1ccc(F)cc1. The van der Waals surface area contributed by atoms with Crippen molar-refractivity contribution in [2.24, 2.45) is 0 Å². The predicted molar refractivity (Wildman–Crippen MR) is 87.3 cm³/mol. The number of hydrogen-bond donors (Lipinski definition) is 1. The second-order valence-corrected chi connectivity index (χ2v) is 6.43. The highest BCUT2D eigenvalue weighted by Gasteiger charge is 2.33. The Balaban J connectivity index is 1.96. The number of rotatable bonds is 5. The maximum Gasteiger partial charge on any atom is 0.418 e. The van der Waals surface area contributed by atoms with Gasteiger partial charge in [-0.25, -0.2) is 4.39 Å². The van der Waals surface area contributed by atoms with E-state index in [1.165, 1.54) is 42.1 Å². The highest BCUT2D eigenvalue weighted by Crippen LogP contribution is 2.35. The third-order valence-electron chi connectivity index (χ3n) is 3.31. The smallest absolute Gasteiger partial charge is 0.325 e. The number of carbonyl (C=O) groups excluding carboxylic acids is 1. The molecule has 0 radical (unpaired) electrons. The van der Waals surface area contributed by atoms with Crippen LogP contribution in [-0.4, -0.2) is 11.7 Å². The molecule has 1 amide bonds. The Kier molecular flexibility index (Phi) is 5.88. The Morgan fingerprint density at radius 1 is 1.12 bits per heavy atom. The van der Waals surface area contributed by atoms with E-state index in [4.69, 9.17) is 0 Å². The predicted octanol–water partition coefficient (Wildman–Crippen LogP) is 5.28. The van der Waals surface area contributed by atoms with Crippen molar-refractivity contribution in [2.75, 3.05) is 11.1 Å². The van der Waals surface area contributed by atoms with Gasteiger partial charge in [-0.05, 0) is 36.8 Å². The summed E-state index contributed by atoms with van der Waals surface area (Å²) >= 11 is 1.26. The molecule has 2 nitrogen and oxygen atoms in total. The minimum absolute atomic E-state index is 0.00919. The van der Waals surface area contributed by atoms with Crippen molar-refractivity contribution in [3.05, 3.63) is 65.5 Å². The van der Waals surface area contributed by atoms with E-state index in [2.05, 4.69) is 5.32 Å². The maximum atomic E-state index is 12.9. The summed E-state index contributed by atoms with van der Waals surface area (Å²) in [7, 11) is 0. The largest absolute Gasteiger partial charge is 0.418 e. The van der Waals surface area contributed by atoms with E-state index in [1.807, 2.05) is 6.92 Å². The maximum absolute atomic E-state index is 12.9. The Morgan fingerprint density at radius 2 is 1.75 bits per heavy atom. The number of amides is 1. The minimum Gasteiger partial charge on any atom is -0.325 e. The van der Waals surface area contributed by atoms with E-state index in [-0.39, 0.29) is 22.5 Å². The molecule has 0 saturated carbocycles. The summed E-state index contributed by atoms with van der Waals surface area (Å²) in [6.07, 6.45) is -4.53. The minimum atomic E-state index is -4.53. The number of para-hydroxylation sites is 1. The van der Waals surface area contributed by atoms with Crippen LogP contribution in [0.3, 0.4) is 0 Å². The van der Waals surface area contributed by atoms with Crippen molar-refractivity contribution < 1.29 is 22.4 Å². The molecule has 0 fully saturated rings. The van der Waals surface area contributed by atoms with Crippen LogP contribution < -0.4 is 5.32 Å². The standard InChI is InChI=1S/C17H15F4NOS/c1-11(12-6-8-13(18)9-7-12)24-10-16(23)22-15-5-3-2-4-14(15)17(19,20)21/h2-9,11H,10H2,1H3,(H,22,23). The highest BCUT2D eigenvalue weighted by atomic mass is 32.2. The monoisotopic (exact) mass is 357 g/mol. The zero-order valence-electron chi connectivity index (χ0n) is 12.7. The molecule has 0 aliphatic heterocycles. The quantitative estimate of drug-likeness (QED) is 0.738. The van der Waals surface area contributed by atoms with Gasteiger partial charge in [0.2, 0.25) is 5.91 Å². The average molecular weight is 357 g/mol. The van der Waals surface area contributed by atoms with Crippen molar-refractivity contribution in [3.63, 3.8) is 0 Å². The summed E-state index contributed by atoms with van der Waals surface area (Å²) in [6.45, 7) is 1.84. The van der Waals surface area contributed by atoms with Crippen molar-refractivity contribution in [2.45, 2.75) is 18.3 Å². The number of anilines is 1. The first-order chi connectivity index (χ1) is 11.3. The molecule has 24 heavy (non-hydrogen) atoms. The third-order valence-corrected chi connectivity index (χ3v) is 4.51. The molecule has 0 aliphatic carbocycles. The molecule has 0 aliphatic rings. The molecule has 2 aromatic rings. The van der Waals surface area contributed by atoms with Crippen LogP contribution in [0.2, 0.25) is 0 Å². The van der Waals surface area contributed by atoms with Gasteiger partial charge in [0.25, 0.3) is 0 Å². The van der Waals surface area contributed by atoms with Gasteiger partial charge in [0, 0.05) is 5.25 Å². The molecular weight excluding hydrogens is 342 g/mol. The van der Waals surface area contributed by atoms with Gasteiger partial charge in [-0.1, -0.05) is 24.3 Å². The number of thioether (sulfide) groups is 1. The topological polar surface area (TPSA) is 29.1 Å². The highest BCUT2D eigenvalue weighted by molar-refractivity contribution is 8.00. The molecule has 1 N–H and O–H groups in total. The van der Waals surface area contributed by atoms with Crippen molar-refractivity contribution in [1.29, 1.82) is 0 Å². The number of benzene rings is 2. The van der Waals surface area contributed by atoms with Crippen LogP contribution >= 0.6 is 11.8 Å². The number of alkyl halides is 3. The fraction of sp³-hybridized carbons (Fsp3) is 0.235. The van der Waals surface area contributed by atoms with Gasteiger partial charge in [0.05, 0.1) is 17.0 Å². The average Bonchev–Trinajstić information content (AvgIpc) is 2.53. The lowest BCUT2D eigenvalue weighted by Crippen LogP contribution is -2.18. The van der Waals surface area contributed by atoms with Crippen molar-refractivity contribution >= 4 is 23.4 Å². The summed E-state index contributed by atoms with van der Waals surface area (Å²) in [5.74, 6) is -0.881. The molecule has 0 saturated heterocycles. The molecule has 2 rings (SSSR count). The van der Waals surface area contributed by atoms with Gasteiger partial charge in [-0.2, -0.15) is 13.2 Å². The van der Waals surface area contributed by atoms with E-state index in [9.17, 15) is 22.4 Å². The molecule has 1 unspecified atom stereocenters. The first-order valence-electron chi connectivity index (χ1n) is 7.10. The van der Waals surface area contributed by atoms with Crippen molar-refractivity contribution in [1.82, 2.24) is 0 Å². The number of halogens is 4. The summed E-state index contributed by atoms with van der Waals surface area (Å²) in [6, 6.07) is 10.7. The van der Waals surface area contributed by atoms with Crippen LogP contribution in [0.15, 0.2) is 48.5 Å². The molecule has 128 valence electrons. The Morgan fingerprint density at radius 3 is 2.38 bits per heavy atom. The van der Waals surface area contributed by atoms with E-state index in [0.717, 1.165) is 11.6 Å². The lowest BCUT2D eigenvalue weighted by Gasteiger charge is -2.15. The second kappa shape index (κ2) is 7.70. The van der Waals surface area contributed by atoms with Crippen LogP contribution in [0.4, 0.5) is 23.2 Å². The lowest BCUT2D eigenvalue weighted by molar-refractivity contribution is -0.137. The summed E-state index contributed by atoms with van der Waals surface area (Å²) in [5.41, 5.74) is -0.301. The number of carbonyl (C=O) groups is 1. The summed E-state index contributed by atoms with van der Waals surface area (Å²) in [5, 5.41) is 2.20. The summed E-state index contributed by atoms with van der Waals surface area (Å²) < 4.78 is 51.5. The van der Waals surface area contributed by atoms with Crippen LogP contribution in [-0.2, 0) is 11.0 Å². The van der Waals surface area contributed by atoms with E-state index in [0.29, 0.717) is 0 Å². The van der Waals surface area contributed by atoms with Crippen molar-refractivity contribution in [3.8, 4) is 0 Å². The summed E-state index contributed by atoms with van der Waals surface area (Å²) in [4.78, 5) is 11.9. The third kappa shape index (κ3) is 4.99. The normalized spacial score (nSPS) is 12.7.